The van der Waals surface area contributed by atoms with E-state index in [-0.39, 0.29) is 9.23 Å². The molecule has 1 aromatic rings. The molecular formula is C14H11NO6S2. The van der Waals surface area contributed by atoms with Crippen LogP contribution >= 0.6 is 24.0 Å². The predicted octanol–water partition coefficient (Wildman–Crippen LogP) is 1.96. The average molecular weight is 353 g/mol. The maximum absolute atomic E-state index is 12.3. The van der Waals surface area contributed by atoms with E-state index in [0.29, 0.717) is 5.76 Å². The van der Waals surface area contributed by atoms with Crippen molar-refractivity contribution in [2.75, 3.05) is 0 Å². The van der Waals surface area contributed by atoms with E-state index in [1.54, 1.807) is 24.3 Å². The van der Waals surface area contributed by atoms with Gasteiger partial charge in [0.25, 0.3) is 5.91 Å². The molecule has 2 rings (SSSR count). The molecule has 23 heavy (non-hydrogen) atoms. The second kappa shape index (κ2) is 7.25. The Hall–Kier alpha value is -2.39. The number of hydrogen-bond acceptors (Lipinski definition) is 6. The molecule has 0 bridgehead atoms. The average Bonchev–Trinajstić information content (AvgIpc) is 3.06. The van der Waals surface area contributed by atoms with Gasteiger partial charge in [-0.2, -0.15) is 0 Å². The molecule has 0 unspecified atom stereocenters. The van der Waals surface area contributed by atoms with Gasteiger partial charge in [-0.1, -0.05) is 30.1 Å². The zero-order valence-electron chi connectivity index (χ0n) is 11.5. The van der Waals surface area contributed by atoms with E-state index in [1.807, 2.05) is 0 Å². The Morgan fingerprint density at radius 2 is 2.17 bits per heavy atom. The molecule has 7 nitrogen and oxygen atoms in total. The Kier molecular flexibility index (Phi) is 5.35. The number of carbonyl (C=O) groups excluding carboxylic acids is 1. The van der Waals surface area contributed by atoms with Crippen LogP contribution in [0, 0.1) is 0 Å². The molecule has 0 saturated carbocycles. The summed E-state index contributed by atoms with van der Waals surface area (Å²) in [7, 11) is 0. The van der Waals surface area contributed by atoms with Gasteiger partial charge in [0.05, 0.1) is 17.6 Å². The standard InChI is InChI=1S/C14H11NO6S2/c16-11(17)7-9(13(19)20)15-12(18)10(23-14(15)22)5-1-3-8-4-2-6-21-8/h1-6,9H,7H2,(H,16,17)(H,19,20)/b3-1+,10-5-/t9-/m0/s1. The molecule has 1 fully saturated rings. The van der Waals surface area contributed by atoms with E-state index in [2.05, 4.69) is 0 Å². The van der Waals surface area contributed by atoms with Crippen molar-refractivity contribution in [3.8, 4) is 0 Å². The summed E-state index contributed by atoms with van der Waals surface area (Å²) in [5, 5.41) is 17.9. The van der Waals surface area contributed by atoms with Crippen LogP contribution in [0.5, 0.6) is 0 Å². The first-order chi connectivity index (χ1) is 10.9. The highest BCUT2D eigenvalue weighted by Gasteiger charge is 2.41. The van der Waals surface area contributed by atoms with Crippen LogP contribution in [0.15, 0.2) is 39.9 Å². The monoisotopic (exact) mass is 353 g/mol. The molecule has 2 N–H and O–H groups in total. The van der Waals surface area contributed by atoms with Gasteiger partial charge in [0.15, 0.2) is 0 Å². The lowest BCUT2D eigenvalue weighted by Gasteiger charge is -2.21. The van der Waals surface area contributed by atoms with Gasteiger partial charge >= 0.3 is 11.9 Å². The van der Waals surface area contributed by atoms with Crippen LogP contribution in [0.3, 0.4) is 0 Å². The molecule has 0 aliphatic carbocycles. The summed E-state index contributed by atoms with van der Waals surface area (Å²) >= 11 is 5.92. The summed E-state index contributed by atoms with van der Waals surface area (Å²) in [5.41, 5.74) is 0. The van der Waals surface area contributed by atoms with Crippen molar-refractivity contribution in [3.63, 3.8) is 0 Å². The van der Waals surface area contributed by atoms with Crippen LogP contribution in [0.2, 0.25) is 0 Å². The van der Waals surface area contributed by atoms with Crippen LogP contribution in [0.1, 0.15) is 12.2 Å². The molecule has 0 radical (unpaired) electrons. The van der Waals surface area contributed by atoms with Gasteiger partial charge in [0, 0.05) is 0 Å². The number of aliphatic carboxylic acids is 2. The third-order valence-corrected chi connectivity index (χ3v) is 4.19. The van der Waals surface area contributed by atoms with Crippen LogP contribution in [-0.4, -0.2) is 43.3 Å². The minimum atomic E-state index is -1.53. The molecule has 1 amide bonds. The number of nitrogens with zero attached hydrogens (tertiary/aromatic N) is 1. The van der Waals surface area contributed by atoms with Crippen molar-refractivity contribution >= 4 is 52.2 Å². The van der Waals surface area contributed by atoms with E-state index in [0.717, 1.165) is 16.7 Å². The number of furan rings is 1. The van der Waals surface area contributed by atoms with Gasteiger partial charge in [0.2, 0.25) is 0 Å². The molecule has 0 aromatic carbocycles. The number of rotatable bonds is 6. The molecular weight excluding hydrogens is 342 g/mol. The Balaban J connectivity index is 2.18. The number of thiocarbonyl (C=S) groups is 1. The molecule has 1 aliphatic rings. The van der Waals surface area contributed by atoms with Crippen LogP contribution in [-0.2, 0) is 14.4 Å². The minimum Gasteiger partial charge on any atom is -0.481 e. The zero-order chi connectivity index (χ0) is 17.0. The van der Waals surface area contributed by atoms with E-state index >= 15 is 0 Å². The number of allylic oxidation sites excluding steroid dienone is 2. The van der Waals surface area contributed by atoms with Gasteiger partial charge in [-0.05, 0) is 24.3 Å². The summed E-state index contributed by atoms with van der Waals surface area (Å²) in [6, 6.07) is 1.91. The first-order valence-corrected chi connectivity index (χ1v) is 7.54. The molecule has 1 saturated heterocycles. The van der Waals surface area contributed by atoms with Crippen molar-refractivity contribution in [2.24, 2.45) is 0 Å². The largest absolute Gasteiger partial charge is 0.481 e. The predicted molar refractivity (Wildman–Crippen MR) is 86.5 cm³/mol. The lowest BCUT2D eigenvalue weighted by atomic mass is 10.2. The van der Waals surface area contributed by atoms with Crippen LogP contribution in [0.4, 0.5) is 0 Å². The first kappa shape index (κ1) is 17.0. The Bertz CT molecular complexity index is 707. The maximum atomic E-state index is 12.3. The van der Waals surface area contributed by atoms with Gasteiger partial charge in [-0.25, -0.2) is 4.79 Å². The number of hydrogen-bond donors (Lipinski definition) is 2. The molecule has 0 spiro atoms. The molecule has 1 atom stereocenters. The van der Waals surface area contributed by atoms with Crippen molar-refractivity contribution in [1.82, 2.24) is 4.90 Å². The lowest BCUT2D eigenvalue weighted by molar-refractivity contribution is -0.150. The summed E-state index contributed by atoms with van der Waals surface area (Å²) in [4.78, 5) is 35.3. The topological polar surface area (TPSA) is 108 Å². The highest BCUT2D eigenvalue weighted by Crippen LogP contribution is 2.33. The highest BCUT2D eigenvalue weighted by atomic mass is 32.2. The number of amides is 1. The molecule has 1 aliphatic heterocycles. The van der Waals surface area contributed by atoms with Crippen LogP contribution < -0.4 is 0 Å². The van der Waals surface area contributed by atoms with E-state index < -0.39 is 30.3 Å². The fourth-order valence-corrected chi connectivity index (χ4v) is 3.14. The first-order valence-electron chi connectivity index (χ1n) is 6.32. The third-order valence-electron chi connectivity index (χ3n) is 2.84. The number of carboxylic acids is 2. The van der Waals surface area contributed by atoms with Gasteiger partial charge in [-0.3, -0.25) is 14.5 Å². The molecule has 1 aromatic heterocycles. The van der Waals surface area contributed by atoms with E-state index in [4.69, 9.17) is 26.8 Å². The minimum absolute atomic E-state index is 0.0151. The molecule has 120 valence electrons. The number of carbonyl (C=O) groups is 3. The maximum Gasteiger partial charge on any atom is 0.327 e. The summed E-state index contributed by atoms with van der Waals surface area (Å²) in [6.45, 7) is 0. The van der Waals surface area contributed by atoms with Crippen LogP contribution in [0.25, 0.3) is 6.08 Å². The van der Waals surface area contributed by atoms with Gasteiger partial charge in [-0.15, -0.1) is 0 Å². The Morgan fingerprint density at radius 3 is 2.74 bits per heavy atom. The van der Waals surface area contributed by atoms with Crippen molar-refractivity contribution in [3.05, 3.63) is 41.2 Å². The normalized spacial score (nSPS) is 18.1. The summed E-state index contributed by atoms with van der Waals surface area (Å²) in [5.74, 6) is -2.78. The van der Waals surface area contributed by atoms with Crippen molar-refractivity contribution < 1.29 is 29.0 Å². The second-order valence-corrected chi connectivity index (χ2v) is 6.08. The Morgan fingerprint density at radius 1 is 1.43 bits per heavy atom. The SMILES string of the molecule is O=C(O)C[C@@H](C(=O)O)N1C(=O)/C(=C/C=C/c2ccco2)SC1=S. The highest BCUT2D eigenvalue weighted by molar-refractivity contribution is 8.26. The smallest absolute Gasteiger partial charge is 0.327 e. The number of carboxylic acid groups (broad SMARTS) is 2. The quantitative estimate of drug-likeness (QED) is 0.590. The zero-order valence-corrected chi connectivity index (χ0v) is 13.2. The fourth-order valence-electron chi connectivity index (χ4n) is 1.83. The van der Waals surface area contributed by atoms with Gasteiger partial charge < -0.3 is 14.6 Å². The third kappa shape index (κ3) is 4.08. The molecule has 9 heteroatoms. The summed E-state index contributed by atoms with van der Waals surface area (Å²) in [6.07, 6.45) is 5.44. The van der Waals surface area contributed by atoms with Gasteiger partial charge in [0.1, 0.15) is 16.1 Å². The van der Waals surface area contributed by atoms with E-state index in [9.17, 15) is 14.4 Å². The Labute approximate surface area is 140 Å². The number of thioether (sulfide) groups is 1. The lowest BCUT2D eigenvalue weighted by Crippen LogP contribution is -2.45. The fraction of sp³-hybridized carbons (Fsp3) is 0.143. The van der Waals surface area contributed by atoms with Crippen molar-refractivity contribution in [1.29, 1.82) is 0 Å². The second-order valence-electron chi connectivity index (χ2n) is 4.40. The van der Waals surface area contributed by atoms with Crippen molar-refractivity contribution in [2.45, 2.75) is 12.5 Å². The van der Waals surface area contributed by atoms with E-state index in [1.165, 1.54) is 12.3 Å². The molecule has 2 heterocycles. The summed E-state index contributed by atoms with van der Waals surface area (Å²) < 4.78 is 5.11.